The number of hydrogen-bond acceptors (Lipinski definition) is 6. The number of hydrogen-bond donors (Lipinski definition) is 1. The van der Waals surface area contributed by atoms with Crippen LogP contribution in [-0.4, -0.2) is 47.2 Å². The Bertz CT molecular complexity index is 1090. The van der Waals surface area contributed by atoms with Gasteiger partial charge in [0.2, 0.25) is 0 Å². The van der Waals surface area contributed by atoms with Gasteiger partial charge in [-0.3, -0.25) is 0 Å². The molecule has 158 valence electrons. The summed E-state index contributed by atoms with van der Waals surface area (Å²) in [6.45, 7) is 0.0616. The summed E-state index contributed by atoms with van der Waals surface area (Å²) in [4.78, 5) is 2.21. The van der Waals surface area contributed by atoms with E-state index < -0.39 is 0 Å². The van der Waals surface area contributed by atoms with Gasteiger partial charge in [-0.15, -0.1) is 0 Å². The second-order valence-electron chi connectivity index (χ2n) is 7.29. The highest BCUT2D eigenvalue weighted by Gasteiger charge is 2.34. The molecule has 1 aliphatic heterocycles. The molecule has 1 unspecified atom stereocenters. The third kappa shape index (κ3) is 2.91. The molecule has 0 bridgehead atoms. The number of aliphatic hydroxyl groups excluding tert-OH is 1. The first-order valence-corrected chi connectivity index (χ1v) is 9.87. The number of aliphatic hydroxyl groups is 1. The fourth-order valence-electron chi connectivity index (χ4n) is 4.56. The van der Waals surface area contributed by atoms with Crippen LogP contribution in [0.25, 0.3) is 21.9 Å². The van der Waals surface area contributed by atoms with Crippen molar-refractivity contribution in [2.75, 3.05) is 47.0 Å². The number of rotatable bonds is 6. The van der Waals surface area contributed by atoms with Gasteiger partial charge in [0.1, 0.15) is 0 Å². The molecule has 0 saturated heterocycles. The molecule has 1 aliphatic rings. The predicted molar refractivity (Wildman–Crippen MR) is 118 cm³/mol. The van der Waals surface area contributed by atoms with E-state index in [4.69, 9.17) is 18.9 Å². The van der Waals surface area contributed by atoms with Crippen LogP contribution in [0.4, 0.5) is 5.69 Å². The van der Waals surface area contributed by atoms with Crippen LogP contribution in [-0.2, 0) is 0 Å². The average molecular weight is 409 g/mol. The molecule has 0 aromatic heterocycles. The maximum absolute atomic E-state index is 9.83. The van der Waals surface area contributed by atoms with Crippen LogP contribution >= 0.6 is 0 Å². The number of benzene rings is 3. The highest BCUT2D eigenvalue weighted by Crippen LogP contribution is 2.53. The first-order chi connectivity index (χ1) is 14.6. The third-order valence-electron chi connectivity index (χ3n) is 5.93. The van der Waals surface area contributed by atoms with Gasteiger partial charge in [-0.2, -0.15) is 0 Å². The fraction of sp³-hybridized carbons (Fsp3) is 0.333. The molecule has 0 amide bonds. The molecule has 0 radical (unpaired) electrons. The summed E-state index contributed by atoms with van der Waals surface area (Å²) < 4.78 is 22.3. The van der Waals surface area contributed by atoms with Crippen LogP contribution in [0, 0.1) is 0 Å². The Morgan fingerprint density at radius 3 is 2.13 bits per heavy atom. The van der Waals surface area contributed by atoms with Gasteiger partial charge in [-0.1, -0.05) is 12.1 Å². The largest absolute Gasteiger partial charge is 0.493 e. The van der Waals surface area contributed by atoms with Gasteiger partial charge in [0.15, 0.2) is 23.0 Å². The predicted octanol–water partition coefficient (Wildman–Crippen LogP) is 4.41. The lowest BCUT2D eigenvalue weighted by molar-refractivity contribution is 0.272. The van der Waals surface area contributed by atoms with E-state index in [0.29, 0.717) is 29.4 Å². The van der Waals surface area contributed by atoms with E-state index in [1.165, 1.54) is 0 Å². The Morgan fingerprint density at radius 2 is 1.50 bits per heavy atom. The smallest absolute Gasteiger partial charge is 0.166 e. The van der Waals surface area contributed by atoms with Gasteiger partial charge in [-0.05, 0) is 41.6 Å². The van der Waals surface area contributed by atoms with Crippen molar-refractivity contribution in [3.05, 3.63) is 42.0 Å². The van der Waals surface area contributed by atoms with E-state index in [-0.39, 0.29) is 12.6 Å². The number of fused-ring (bicyclic) bond motifs is 5. The highest BCUT2D eigenvalue weighted by molar-refractivity contribution is 6.05. The van der Waals surface area contributed by atoms with Crippen molar-refractivity contribution in [1.82, 2.24) is 0 Å². The van der Waals surface area contributed by atoms with Crippen molar-refractivity contribution < 1.29 is 24.1 Å². The van der Waals surface area contributed by atoms with E-state index in [1.54, 1.807) is 28.4 Å². The van der Waals surface area contributed by atoms with E-state index in [1.807, 2.05) is 18.2 Å². The van der Waals surface area contributed by atoms with E-state index in [2.05, 4.69) is 30.1 Å². The van der Waals surface area contributed by atoms with Crippen molar-refractivity contribution in [2.24, 2.45) is 0 Å². The lowest BCUT2D eigenvalue weighted by Gasteiger charge is -2.39. The van der Waals surface area contributed by atoms with Crippen molar-refractivity contribution >= 4 is 16.5 Å². The van der Waals surface area contributed by atoms with Crippen LogP contribution < -0.4 is 23.8 Å². The number of nitrogens with zero attached hydrogens (tertiary/aromatic N) is 1. The van der Waals surface area contributed by atoms with Crippen LogP contribution in [0.15, 0.2) is 36.4 Å². The normalized spacial score (nSPS) is 14.9. The molecule has 6 heteroatoms. The summed E-state index contributed by atoms with van der Waals surface area (Å²) >= 11 is 0. The van der Waals surface area contributed by atoms with Crippen molar-refractivity contribution in [3.63, 3.8) is 0 Å². The van der Waals surface area contributed by atoms with Gasteiger partial charge in [0, 0.05) is 30.2 Å². The number of methoxy groups -OCH3 is 4. The van der Waals surface area contributed by atoms with Crippen LogP contribution in [0.2, 0.25) is 0 Å². The quantitative estimate of drug-likeness (QED) is 0.651. The topological polar surface area (TPSA) is 60.4 Å². The van der Waals surface area contributed by atoms with E-state index in [0.717, 1.165) is 33.2 Å². The highest BCUT2D eigenvalue weighted by atomic mass is 16.5. The molecule has 1 N–H and O–H groups in total. The Balaban J connectivity index is 2.07. The molecule has 3 aromatic carbocycles. The third-order valence-corrected chi connectivity index (χ3v) is 5.93. The van der Waals surface area contributed by atoms with E-state index in [9.17, 15) is 5.11 Å². The molecule has 0 saturated carbocycles. The number of ether oxygens (including phenoxy) is 4. The summed E-state index contributed by atoms with van der Waals surface area (Å²) in [5.74, 6) is 2.77. The van der Waals surface area contributed by atoms with Gasteiger partial charge < -0.3 is 29.0 Å². The average Bonchev–Trinajstić information content (AvgIpc) is 2.78. The van der Waals surface area contributed by atoms with Crippen molar-refractivity contribution in [3.8, 4) is 34.1 Å². The first kappa shape index (κ1) is 20.2. The molecule has 1 atom stereocenters. The van der Waals surface area contributed by atoms with Gasteiger partial charge >= 0.3 is 0 Å². The molecular formula is C24H27NO5. The standard InChI is InChI=1S/C24H27NO5/c1-25-18(10-11-26)22-15(8-9-19(27-2)24(22)30-5)16-7-6-14-12-20(28-3)21(29-4)13-17(14)23(16)25/h6-9,12-13,18,26H,10-11H2,1-5H3. The van der Waals surface area contributed by atoms with Gasteiger partial charge in [-0.25, -0.2) is 0 Å². The zero-order chi connectivity index (χ0) is 21.4. The molecule has 6 nitrogen and oxygen atoms in total. The van der Waals surface area contributed by atoms with Crippen molar-refractivity contribution in [1.29, 1.82) is 0 Å². The first-order valence-electron chi connectivity index (χ1n) is 9.87. The summed E-state index contributed by atoms with van der Waals surface area (Å²) in [5, 5.41) is 12.0. The molecule has 1 heterocycles. The monoisotopic (exact) mass is 409 g/mol. The Kier molecular flexibility index (Phi) is 5.35. The van der Waals surface area contributed by atoms with Gasteiger partial charge in [0.05, 0.1) is 40.2 Å². The lowest BCUT2D eigenvalue weighted by Crippen LogP contribution is -2.30. The summed E-state index contributed by atoms with van der Waals surface area (Å²) in [6.07, 6.45) is 0.566. The molecule has 0 fully saturated rings. The van der Waals surface area contributed by atoms with E-state index >= 15 is 0 Å². The molecule has 4 rings (SSSR count). The summed E-state index contributed by atoms with van der Waals surface area (Å²) in [6, 6.07) is 12.2. The maximum Gasteiger partial charge on any atom is 0.166 e. The molecule has 0 spiro atoms. The minimum Gasteiger partial charge on any atom is -0.493 e. The molecule has 3 aromatic rings. The Labute approximate surface area is 176 Å². The lowest BCUT2D eigenvalue weighted by atomic mass is 9.84. The zero-order valence-electron chi connectivity index (χ0n) is 18.0. The van der Waals surface area contributed by atoms with Crippen LogP contribution in [0.1, 0.15) is 18.0 Å². The molecule has 30 heavy (non-hydrogen) atoms. The van der Waals surface area contributed by atoms with Crippen LogP contribution in [0.3, 0.4) is 0 Å². The van der Waals surface area contributed by atoms with Crippen molar-refractivity contribution in [2.45, 2.75) is 12.5 Å². The SMILES string of the molecule is COc1cc2ccc3c(c2cc1OC)N(C)C(CCO)c1c-3ccc(OC)c1OC. The second kappa shape index (κ2) is 7.95. The van der Waals surface area contributed by atoms with Gasteiger partial charge in [0.25, 0.3) is 0 Å². The summed E-state index contributed by atoms with van der Waals surface area (Å²) in [7, 11) is 8.63. The molecular weight excluding hydrogens is 382 g/mol. The zero-order valence-corrected chi connectivity index (χ0v) is 18.0. The minimum absolute atomic E-state index is 0.0616. The Hall–Kier alpha value is -3.12. The summed E-state index contributed by atoms with van der Waals surface area (Å²) in [5.41, 5.74) is 4.30. The Morgan fingerprint density at radius 1 is 0.833 bits per heavy atom. The maximum atomic E-state index is 9.83. The molecule has 0 aliphatic carbocycles. The minimum atomic E-state index is -0.0683. The van der Waals surface area contributed by atoms with Crippen LogP contribution in [0.5, 0.6) is 23.0 Å². The second-order valence-corrected chi connectivity index (χ2v) is 7.29. The fourth-order valence-corrected chi connectivity index (χ4v) is 4.56. The number of anilines is 1.